The summed E-state index contributed by atoms with van der Waals surface area (Å²) in [6, 6.07) is 0. The lowest BCUT2D eigenvalue weighted by Crippen LogP contribution is -2.50. The van der Waals surface area contributed by atoms with Gasteiger partial charge in [-0.2, -0.15) is 0 Å². The van der Waals surface area contributed by atoms with Crippen LogP contribution in [-0.2, 0) is 23.8 Å². The van der Waals surface area contributed by atoms with Crippen LogP contribution in [0.1, 0.15) is 33.1 Å². The summed E-state index contributed by atoms with van der Waals surface area (Å²) in [5.41, 5.74) is -0.883. The Hall–Kier alpha value is -0.940. The van der Waals surface area contributed by atoms with Gasteiger partial charge in [0.15, 0.2) is 5.78 Å². The molecule has 18 heavy (non-hydrogen) atoms. The summed E-state index contributed by atoms with van der Waals surface area (Å²) in [5, 5.41) is 0. The van der Waals surface area contributed by atoms with Crippen LogP contribution in [0, 0.1) is 5.92 Å². The van der Waals surface area contributed by atoms with Gasteiger partial charge in [0.2, 0.25) is 0 Å². The van der Waals surface area contributed by atoms with Crippen molar-refractivity contribution >= 4 is 11.8 Å². The number of carbonyl (C=O) groups is 2. The second-order valence-corrected chi connectivity index (χ2v) is 4.39. The zero-order chi connectivity index (χ0) is 13.6. The van der Waals surface area contributed by atoms with Crippen molar-refractivity contribution in [2.24, 2.45) is 5.92 Å². The van der Waals surface area contributed by atoms with E-state index in [0.717, 1.165) is 0 Å². The number of hydrogen-bond acceptors (Lipinski definition) is 5. The molecule has 0 N–H and O–H groups in total. The van der Waals surface area contributed by atoms with E-state index in [9.17, 15) is 9.59 Å². The minimum absolute atomic E-state index is 0.172. The number of Topliss-reactive ketones (excluding diaryl/α,β-unsaturated/α-hetero) is 1. The summed E-state index contributed by atoms with van der Waals surface area (Å²) in [7, 11) is 1.51. The van der Waals surface area contributed by atoms with E-state index in [-0.39, 0.29) is 12.4 Å². The number of carbonyl (C=O) groups excluding carboxylic acids is 2. The minimum atomic E-state index is -0.883. The maximum atomic E-state index is 12.5. The maximum Gasteiger partial charge on any atom is 0.316 e. The van der Waals surface area contributed by atoms with Crippen LogP contribution in [0.15, 0.2) is 0 Å². The van der Waals surface area contributed by atoms with Crippen molar-refractivity contribution < 1.29 is 23.8 Å². The molecule has 0 radical (unpaired) electrons. The van der Waals surface area contributed by atoms with E-state index in [1.54, 1.807) is 6.92 Å². The first-order chi connectivity index (χ1) is 8.61. The summed E-state index contributed by atoms with van der Waals surface area (Å²) in [4.78, 5) is 24.3. The normalized spacial score (nSPS) is 20.2. The molecule has 1 fully saturated rings. The van der Waals surface area contributed by atoms with Gasteiger partial charge in [-0.1, -0.05) is 6.92 Å². The third-order valence-electron chi connectivity index (χ3n) is 3.44. The predicted octanol–water partition coefficient (Wildman–Crippen LogP) is 1.34. The van der Waals surface area contributed by atoms with Crippen molar-refractivity contribution in [1.82, 2.24) is 0 Å². The number of esters is 1. The van der Waals surface area contributed by atoms with Crippen LogP contribution < -0.4 is 0 Å². The van der Waals surface area contributed by atoms with Crippen LogP contribution >= 0.6 is 0 Å². The highest BCUT2D eigenvalue weighted by atomic mass is 16.5. The molecule has 0 bridgehead atoms. The van der Waals surface area contributed by atoms with Crippen molar-refractivity contribution in [2.75, 3.05) is 26.9 Å². The molecule has 0 aromatic carbocycles. The van der Waals surface area contributed by atoms with Gasteiger partial charge in [-0.3, -0.25) is 9.59 Å². The average Bonchev–Trinajstić information content (AvgIpc) is 2.40. The molecule has 0 aromatic heterocycles. The Morgan fingerprint density at radius 3 is 2.33 bits per heavy atom. The Kier molecular flexibility index (Phi) is 5.75. The lowest BCUT2D eigenvalue weighted by molar-refractivity contribution is -0.166. The number of methoxy groups -OCH3 is 1. The molecular formula is C13H22O5. The van der Waals surface area contributed by atoms with E-state index in [2.05, 4.69) is 0 Å². The molecule has 0 spiro atoms. The minimum Gasteiger partial charge on any atom is -0.465 e. The Labute approximate surface area is 108 Å². The molecule has 1 unspecified atom stereocenters. The average molecular weight is 258 g/mol. The topological polar surface area (TPSA) is 61.8 Å². The molecule has 0 amide bonds. The van der Waals surface area contributed by atoms with E-state index >= 15 is 0 Å². The summed E-state index contributed by atoms with van der Waals surface area (Å²) in [6.45, 7) is 4.79. The second kappa shape index (κ2) is 6.85. The van der Waals surface area contributed by atoms with E-state index in [4.69, 9.17) is 14.2 Å². The molecule has 5 nitrogen and oxygen atoms in total. The molecular weight excluding hydrogens is 236 g/mol. The van der Waals surface area contributed by atoms with Gasteiger partial charge in [0.1, 0.15) is 11.5 Å². The van der Waals surface area contributed by atoms with Gasteiger partial charge in [0, 0.05) is 33.2 Å². The van der Waals surface area contributed by atoms with Crippen molar-refractivity contribution in [1.29, 1.82) is 0 Å². The Balaban J connectivity index is 2.83. The third-order valence-corrected chi connectivity index (χ3v) is 3.44. The first-order valence-corrected chi connectivity index (χ1v) is 6.45. The SMILES string of the molecule is CCOC(=O)C(CC)C(=O)C1(OC)CCOCC1. The van der Waals surface area contributed by atoms with Crippen LogP contribution in [0.2, 0.25) is 0 Å². The number of rotatable bonds is 6. The summed E-state index contributed by atoms with van der Waals surface area (Å²) >= 11 is 0. The van der Waals surface area contributed by atoms with Crippen LogP contribution in [0.4, 0.5) is 0 Å². The number of ketones is 1. The number of ether oxygens (including phenoxy) is 3. The lowest BCUT2D eigenvalue weighted by atomic mass is 9.81. The highest BCUT2D eigenvalue weighted by Gasteiger charge is 2.45. The Morgan fingerprint density at radius 2 is 1.89 bits per heavy atom. The Morgan fingerprint density at radius 1 is 1.28 bits per heavy atom. The molecule has 0 saturated carbocycles. The van der Waals surface area contributed by atoms with Gasteiger partial charge < -0.3 is 14.2 Å². The highest BCUT2D eigenvalue weighted by Crippen LogP contribution is 2.30. The van der Waals surface area contributed by atoms with Crippen LogP contribution in [-0.4, -0.2) is 44.3 Å². The fraction of sp³-hybridized carbons (Fsp3) is 0.846. The molecule has 104 valence electrons. The van der Waals surface area contributed by atoms with Gasteiger partial charge in [-0.05, 0) is 13.3 Å². The summed E-state index contributed by atoms with van der Waals surface area (Å²) in [6.07, 6.45) is 1.43. The predicted molar refractivity (Wildman–Crippen MR) is 65.2 cm³/mol. The second-order valence-electron chi connectivity index (χ2n) is 4.39. The molecule has 0 aliphatic carbocycles. The Bertz CT molecular complexity index is 294. The van der Waals surface area contributed by atoms with Crippen LogP contribution in [0.3, 0.4) is 0 Å². The largest absolute Gasteiger partial charge is 0.465 e. The molecule has 1 aliphatic heterocycles. The lowest BCUT2D eigenvalue weighted by Gasteiger charge is -2.36. The van der Waals surface area contributed by atoms with E-state index in [1.165, 1.54) is 7.11 Å². The number of hydrogen-bond donors (Lipinski definition) is 0. The first kappa shape index (κ1) is 15.1. The molecule has 0 aromatic rings. The zero-order valence-corrected chi connectivity index (χ0v) is 11.4. The maximum absolute atomic E-state index is 12.5. The van der Waals surface area contributed by atoms with Crippen molar-refractivity contribution in [3.8, 4) is 0 Å². The van der Waals surface area contributed by atoms with Crippen LogP contribution in [0.5, 0.6) is 0 Å². The fourth-order valence-electron chi connectivity index (χ4n) is 2.27. The van der Waals surface area contributed by atoms with Gasteiger partial charge in [-0.25, -0.2) is 0 Å². The molecule has 1 aliphatic rings. The van der Waals surface area contributed by atoms with Gasteiger partial charge >= 0.3 is 5.97 Å². The molecule has 1 saturated heterocycles. The van der Waals surface area contributed by atoms with E-state index < -0.39 is 17.5 Å². The quantitative estimate of drug-likeness (QED) is 0.531. The standard InChI is InChI=1S/C13H22O5/c1-4-10(12(15)18-5-2)11(14)13(16-3)6-8-17-9-7-13/h10H,4-9H2,1-3H3. The first-order valence-electron chi connectivity index (χ1n) is 6.45. The molecule has 1 heterocycles. The summed E-state index contributed by atoms with van der Waals surface area (Å²) < 4.78 is 15.6. The van der Waals surface area contributed by atoms with Gasteiger partial charge in [0.05, 0.1) is 6.61 Å². The smallest absolute Gasteiger partial charge is 0.316 e. The highest BCUT2D eigenvalue weighted by molar-refractivity contribution is 6.03. The molecule has 1 rings (SSSR count). The van der Waals surface area contributed by atoms with E-state index in [1.807, 2.05) is 6.92 Å². The van der Waals surface area contributed by atoms with Crippen molar-refractivity contribution in [3.63, 3.8) is 0 Å². The zero-order valence-electron chi connectivity index (χ0n) is 11.4. The van der Waals surface area contributed by atoms with Gasteiger partial charge in [0.25, 0.3) is 0 Å². The van der Waals surface area contributed by atoms with E-state index in [0.29, 0.717) is 32.5 Å². The fourth-order valence-corrected chi connectivity index (χ4v) is 2.27. The van der Waals surface area contributed by atoms with Crippen molar-refractivity contribution in [2.45, 2.75) is 38.7 Å². The molecule has 5 heteroatoms. The third kappa shape index (κ3) is 3.09. The van der Waals surface area contributed by atoms with Gasteiger partial charge in [-0.15, -0.1) is 0 Å². The molecule has 1 atom stereocenters. The van der Waals surface area contributed by atoms with Crippen LogP contribution in [0.25, 0.3) is 0 Å². The summed E-state index contributed by atoms with van der Waals surface area (Å²) in [5.74, 6) is -1.36. The monoisotopic (exact) mass is 258 g/mol. The van der Waals surface area contributed by atoms with Crippen molar-refractivity contribution in [3.05, 3.63) is 0 Å².